The Balaban J connectivity index is 2.05. The summed E-state index contributed by atoms with van der Waals surface area (Å²) in [6.07, 6.45) is 1.06. The minimum atomic E-state index is -0.616. The molecule has 7 nitrogen and oxygen atoms in total. The van der Waals surface area contributed by atoms with E-state index in [9.17, 15) is 4.79 Å². The predicted molar refractivity (Wildman–Crippen MR) is 80.8 cm³/mol. The van der Waals surface area contributed by atoms with Crippen LogP contribution in [0.4, 0.5) is 0 Å². The van der Waals surface area contributed by atoms with Crippen LogP contribution in [0, 0.1) is 5.92 Å². The average molecular weight is 332 g/mol. The molecule has 4 atom stereocenters. The zero-order valence-corrected chi connectivity index (χ0v) is 14.2. The van der Waals surface area contributed by atoms with E-state index in [0.29, 0.717) is 26.4 Å². The van der Waals surface area contributed by atoms with Crippen molar-refractivity contribution in [3.63, 3.8) is 0 Å². The third-order valence-electron chi connectivity index (χ3n) is 4.08. The van der Waals surface area contributed by atoms with E-state index in [-0.39, 0.29) is 12.3 Å². The van der Waals surface area contributed by atoms with Crippen molar-refractivity contribution in [2.24, 2.45) is 5.92 Å². The Morgan fingerprint density at radius 1 is 1.17 bits per heavy atom. The summed E-state index contributed by atoms with van der Waals surface area (Å²) in [6, 6.07) is 0. The molecule has 0 N–H and O–H groups in total. The largest absolute Gasteiger partial charge is 0.469 e. The van der Waals surface area contributed by atoms with Crippen LogP contribution in [0.25, 0.3) is 0 Å². The molecule has 2 saturated heterocycles. The average Bonchev–Trinajstić information content (AvgIpc) is 2.98. The Morgan fingerprint density at radius 2 is 1.91 bits per heavy atom. The van der Waals surface area contributed by atoms with Gasteiger partial charge in [-0.2, -0.15) is 0 Å². The van der Waals surface area contributed by atoms with Crippen LogP contribution in [0.3, 0.4) is 0 Å². The van der Waals surface area contributed by atoms with Gasteiger partial charge in [-0.3, -0.25) is 4.79 Å². The maximum Gasteiger partial charge on any atom is 0.314 e. The number of carbonyl (C=O) groups is 1. The fourth-order valence-corrected chi connectivity index (χ4v) is 3.00. The number of rotatable bonds is 8. The van der Waals surface area contributed by atoms with Gasteiger partial charge >= 0.3 is 5.97 Å². The standard InChI is InChI=1S/C16H28O7/c1-4-19-16(20-5-2)14-13(15(17)18-3)11(10-22-14)23-12-8-6-7-9-21-12/h11-14,16H,4-10H2,1-3H3/t11-,12?,13+,14+/m1/s1. The van der Waals surface area contributed by atoms with Crippen LogP contribution in [0.2, 0.25) is 0 Å². The first-order valence-electron chi connectivity index (χ1n) is 8.40. The molecule has 2 fully saturated rings. The molecule has 0 aromatic carbocycles. The molecule has 23 heavy (non-hydrogen) atoms. The number of hydrogen-bond acceptors (Lipinski definition) is 7. The van der Waals surface area contributed by atoms with Crippen molar-refractivity contribution >= 4 is 5.97 Å². The summed E-state index contributed by atoms with van der Waals surface area (Å²) >= 11 is 0. The van der Waals surface area contributed by atoms with Gasteiger partial charge in [0, 0.05) is 19.8 Å². The van der Waals surface area contributed by atoms with Crippen molar-refractivity contribution in [2.75, 3.05) is 33.5 Å². The third kappa shape index (κ3) is 4.87. The fourth-order valence-electron chi connectivity index (χ4n) is 3.00. The quantitative estimate of drug-likeness (QED) is 0.492. The molecular weight excluding hydrogens is 304 g/mol. The second kappa shape index (κ2) is 9.54. The van der Waals surface area contributed by atoms with Crippen molar-refractivity contribution in [3.8, 4) is 0 Å². The summed E-state index contributed by atoms with van der Waals surface area (Å²) in [5, 5.41) is 0. The molecule has 0 radical (unpaired) electrons. The van der Waals surface area contributed by atoms with Crippen LogP contribution in [0.15, 0.2) is 0 Å². The van der Waals surface area contributed by atoms with E-state index in [1.807, 2.05) is 13.8 Å². The van der Waals surface area contributed by atoms with Crippen LogP contribution in [0.5, 0.6) is 0 Å². The van der Waals surface area contributed by atoms with Crippen molar-refractivity contribution < 1.29 is 33.2 Å². The van der Waals surface area contributed by atoms with Crippen LogP contribution >= 0.6 is 0 Å². The third-order valence-corrected chi connectivity index (χ3v) is 4.08. The second-order valence-electron chi connectivity index (χ2n) is 5.60. The molecule has 2 aliphatic heterocycles. The monoisotopic (exact) mass is 332 g/mol. The Hall–Kier alpha value is -0.730. The van der Waals surface area contributed by atoms with Gasteiger partial charge in [-0.05, 0) is 33.1 Å². The lowest BCUT2D eigenvalue weighted by molar-refractivity contribution is -0.211. The van der Waals surface area contributed by atoms with Crippen molar-refractivity contribution in [1.29, 1.82) is 0 Å². The van der Waals surface area contributed by atoms with Crippen molar-refractivity contribution in [1.82, 2.24) is 0 Å². The molecule has 2 heterocycles. The summed E-state index contributed by atoms with van der Waals surface area (Å²) in [6.45, 7) is 5.66. The van der Waals surface area contributed by atoms with E-state index in [1.54, 1.807) is 0 Å². The number of hydrogen-bond donors (Lipinski definition) is 0. The minimum absolute atomic E-state index is 0.291. The van der Waals surface area contributed by atoms with E-state index in [0.717, 1.165) is 19.3 Å². The number of ether oxygens (including phenoxy) is 6. The normalized spacial score (nSPS) is 31.5. The molecule has 0 aliphatic carbocycles. The highest BCUT2D eigenvalue weighted by atomic mass is 16.7. The van der Waals surface area contributed by atoms with Crippen LogP contribution in [-0.2, 0) is 33.2 Å². The lowest BCUT2D eigenvalue weighted by atomic mass is 9.98. The zero-order valence-electron chi connectivity index (χ0n) is 14.2. The molecule has 0 saturated carbocycles. The lowest BCUT2D eigenvalue weighted by Crippen LogP contribution is -2.44. The number of esters is 1. The smallest absolute Gasteiger partial charge is 0.314 e. The van der Waals surface area contributed by atoms with E-state index >= 15 is 0 Å². The van der Waals surface area contributed by atoms with Gasteiger partial charge in [0.25, 0.3) is 0 Å². The van der Waals surface area contributed by atoms with E-state index in [1.165, 1.54) is 7.11 Å². The van der Waals surface area contributed by atoms with Gasteiger partial charge in [0.15, 0.2) is 12.6 Å². The summed E-state index contributed by atoms with van der Waals surface area (Å²) in [7, 11) is 1.36. The maximum absolute atomic E-state index is 12.3. The molecule has 0 aromatic heterocycles. The van der Waals surface area contributed by atoms with Crippen molar-refractivity contribution in [2.45, 2.75) is 57.9 Å². The molecule has 0 aromatic rings. The summed E-state index contributed by atoms with van der Waals surface area (Å²) in [5.41, 5.74) is 0. The SMILES string of the molecule is CCOC(OCC)[C@H]1OC[C@@H](OC2CCCCO2)[C@@H]1C(=O)OC. The maximum atomic E-state index is 12.3. The van der Waals surface area contributed by atoms with E-state index in [4.69, 9.17) is 28.4 Å². The lowest BCUT2D eigenvalue weighted by Gasteiger charge is -2.30. The van der Waals surface area contributed by atoms with Crippen LogP contribution in [0.1, 0.15) is 33.1 Å². The van der Waals surface area contributed by atoms with Gasteiger partial charge in [-0.25, -0.2) is 0 Å². The van der Waals surface area contributed by atoms with E-state index in [2.05, 4.69) is 0 Å². The Kier molecular flexibility index (Phi) is 7.72. The topological polar surface area (TPSA) is 72.5 Å². The highest BCUT2D eigenvalue weighted by molar-refractivity contribution is 5.74. The van der Waals surface area contributed by atoms with Gasteiger partial charge in [0.05, 0.1) is 13.7 Å². The summed E-state index contributed by atoms with van der Waals surface area (Å²) < 4.78 is 33.5. The fraction of sp³-hybridized carbons (Fsp3) is 0.938. The Bertz CT molecular complexity index is 350. The first-order chi connectivity index (χ1) is 11.2. The molecule has 134 valence electrons. The molecular formula is C16H28O7. The van der Waals surface area contributed by atoms with Gasteiger partial charge in [0.2, 0.25) is 0 Å². The minimum Gasteiger partial charge on any atom is -0.469 e. The highest BCUT2D eigenvalue weighted by Crippen LogP contribution is 2.31. The second-order valence-corrected chi connectivity index (χ2v) is 5.60. The molecule has 0 amide bonds. The molecule has 0 spiro atoms. The highest BCUT2D eigenvalue weighted by Gasteiger charge is 2.49. The summed E-state index contributed by atoms with van der Waals surface area (Å²) in [4.78, 5) is 12.3. The first kappa shape index (κ1) is 18.6. The van der Waals surface area contributed by atoms with Crippen LogP contribution < -0.4 is 0 Å². The predicted octanol–water partition coefficient (Wildman–Crippen LogP) is 1.49. The van der Waals surface area contributed by atoms with Gasteiger partial charge in [-0.1, -0.05) is 0 Å². The van der Waals surface area contributed by atoms with Gasteiger partial charge < -0.3 is 28.4 Å². The van der Waals surface area contributed by atoms with Crippen LogP contribution in [-0.4, -0.2) is 64.3 Å². The molecule has 2 rings (SSSR count). The summed E-state index contributed by atoms with van der Waals surface area (Å²) in [5.74, 6) is -0.966. The molecule has 0 bridgehead atoms. The number of carbonyl (C=O) groups excluding carboxylic acids is 1. The molecule has 2 aliphatic rings. The van der Waals surface area contributed by atoms with Gasteiger partial charge in [-0.15, -0.1) is 0 Å². The zero-order chi connectivity index (χ0) is 16.7. The van der Waals surface area contributed by atoms with Gasteiger partial charge in [0.1, 0.15) is 18.1 Å². The Morgan fingerprint density at radius 3 is 2.48 bits per heavy atom. The Labute approximate surface area is 137 Å². The number of methoxy groups -OCH3 is 1. The first-order valence-corrected chi connectivity index (χ1v) is 8.40. The van der Waals surface area contributed by atoms with E-state index < -0.39 is 24.4 Å². The molecule has 1 unspecified atom stereocenters. The van der Waals surface area contributed by atoms with Crippen molar-refractivity contribution in [3.05, 3.63) is 0 Å². The molecule has 7 heteroatoms.